The van der Waals surface area contributed by atoms with Gasteiger partial charge in [-0.3, -0.25) is 0 Å². The molecule has 0 N–H and O–H groups in total. The summed E-state index contributed by atoms with van der Waals surface area (Å²) >= 11 is 0. The van der Waals surface area contributed by atoms with E-state index in [0.29, 0.717) is 11.1 Å². The van der Waals surface area contributed by atoms with Gasteiger partial charge in [0.2, 0.25) is 0 Å². The predicted molar refractivity (Wildman–Crippen MR) is 106 cm³/mol. The molecule has 0 aliphatic heterocycles. The van der Waals surface area contributed by atoms with Crippen LogP contribution in [0.1, 0.15) is 84.9 Å². The largest absolute Gasteiger partial charge is 0.748 e. The second-order valence-electron chi connectivity index (χ2n) is 7.71. The quantitative estimate of drug-likeness (QED) is 0.338. The second kappa shape index (κ2) is 11.4. The minimum absolute atomic E-state index is 0. The summed E-state index contributed by atoms with van der Waals surface area (Å²) < 4.78 is 0. The van der Waals surface area contributed by atoms with Crippen LogP contribution < -0.4 is 0 Å². The Bertz CT molecular complexity index is 609. The molecule has 152 valence electrons. The van der Waals surface area contributed by atoms with Gasteiger partial charge in [-0.05, 0) is 18.8 Å². The van der Waals surface area contributed by atoms with Crippen molar-refractivity contribution in [2.45, 2.75) is 64.2 Å². The van der Waals surface area contributed by atoms with Crippen molar-refractivity contribution in [3.63, 3.8) is 0 Å². The topological polar surface area (TPSA) is 34.1 Å². The van der Waals surface area contributed by atoms with Gasteiger partial charge >= 0.3 is 0 Å². The van der Waals surface area contributed by atoms with E-state index in [1.165, 1.54) is 12.8 Å². The van der Waals surface area contributed by atoms with Crippen LogP contribution in [0.4, 0.5) is 0 Å². The van der Waals surface area contributed by atoms with Gasteiger partial charge in [-0.25, -0.2) is 0 Å². The molecule has 0 aromatic heterocycles. The van der Waals surface area contributed by atoms with E-state index in [1.807, 2.05) is 48.5 Å². The average Bonchev–Trinajstić information content (AvgIpc) is 3.43. The van der Waals surface area contributed by atoms with Crippen LogP contribution in [-0.4, -0.2) is 11.6 Å². The third kappa shape index (κ3) is 6.02. The number of carbonyl (C=O) groups excluding carboxylic acids is 2. The summed E-state index contributed by atoms with van der Waals surface area (Å²) in [5, 5.41) is 0. The molecule has 2 aliphatic rings. The molecule has 0 amide bonds. The molecule has 27 heavy (non-hydrogen) atoms. The van der Waals surface area contributed by atoms with Crippen LogP contribution in [0.5, 0.6) is 0 Å². The summed E-state index contributed by atoms with van der Waals surface area (Å²) in [6.45, 7) is 0. The van der Waals surface area contributed by atoms with Crippen LogP contribution in [0.2, 0.25) is 0 Å². The zero-order valence-corrected chi connectivity index (χ0v) is 17.1. The van der Waals surface area contributed by atoms with Crippen LogP contribution >= 0.6 is 0 Å². The predicted octanol–water partition coefficient (Wildman–Crippen LogP) is 6.33. The Labute approximate surface area is 173 Å². The third-order valence-corrected chi connectivity index (χ3v) is 5.85. The molecule has 0 bridgehead atoms. The Morgan fingerprint density at radius 3 is 1.78 bits per heavy atom. The van der Waals surface area contributed by atoms with Crippen molar-refractivity contribution < 1.29 is 26.7 Å². The van der Waals surface area contributed by atoms with Crippen molar-refractivity contribution in [1.82, 2.24) is 0 Å². The summed E-state index contributed by atoms with van der Waals surface area (Å²) in [6.07, 6.45) is 11.1. The summed E-state index contributed by atoms with van der Waals surface area (Å²) in [7, 11) is 0. The molecule has 0 radical (unpaired) electrons. The molecule has 2 saturated carbocycles. The average molecular weight is 406 g/mol. The molecule has 0 heterocycles. The summed E-state index contributed by atoms with van der Waals surface area (Å²) in [5.41, 5.74) is 1.41. The molecule has 0 atom stereocenters. The maximum absolute atomic E-state index is 12.7. The van der Waals surface area contributed by atoms with Gasteiger partial charge in [-0.1, -0.05) is 56.9 Å². The van der Waals surface area contributed by atoms with Crippen LogP contribution in [-0.2, 0) is 17.1 Å². The van der Waals surface area contributed by atoms with Gasteiger partial charge in [0.05, 0.1) is 5.78 Å². The Hall–Kier alpha value is -1.44. The molecule has 2 aliphatic carbocycles. The van der Waals surface area contributed by atoms with E-state index in [0.717, 1.165) is 51.4 Å². The molecular weight excluding hydrogens is 376 g/mol. The molecule has 2 aromatic carbocycles. The molecular formula is C24H30FeO2-6. The number of ketones is 2. The monoisotopic (exact) mass is 406 g/mol. The van der Waals surface area contributed by atoms with Crippen molar-refractivity contribution in [2.75, 3.05) is 0 Å². The Morgan fingerprint density at radius 1 is 0.778 bits per heavy atom. The third-order valence-electron chi connectivity index (χ3n) is 5.85. The summed E-state index contributed by atoms with van der Waals surface area (Å²) in [6, 6.07) is 15.6. The Morgan fingerprint density at radius 2 is 1.26 bits per heavy atom. The zero-order valence-electron chi connectivity index (χ0n) is 16.0. The van der Waals surface area contributed by atoms with E-state index in [2.05, 4.69) is 0 Å². The summed E-state index contributed by atoms with van der Waals surface area (Å²) in [5.74, 6) is 0.746. The van der Waals surface area contributed by atoms with E-state index < -0.39 is 0 Å². The Kier molecular flexibility index (Phi) is 9.24. The van der Waals surface area contributed by atoms with Gasteiger partial charge in [0.15, 0.2) is 0 Å². The van der Waals surface area contributed by atoms with Gasteiger partial charge in [-0.15, -0.1) is 11.6 Å². The number of hydrogen-bond acceptors (Lipinski definition) is 2. The number of Topliss-reactive ketones (excluding diaryl/α,β-unsaturated/α-hetero) is 2. The van der Waals surface area contributed by atoms with Crippen LogP contribution in [0.25, 0.3) is 0 Å². The molecule has 2 nitrogen and oxygen atoms in total. The van der Waals surface area contributed by atoms with Crippen molar-refractivity contribution in [2.24, 2.45) is 11.8 Å². The standard InChI is InChI=1S/C19H25O2.C5H5.Fe/c20-18(14-8-3-1-4-9-14)16-12-7-13-17(16)19(21)15-10-5-2-6-11-15;1-2-4-5-3-1;/h7,12-15H,1-6,8-11H2;1-5H;/q-1;-5;. The molecule has 4 rings (SSSR count). The first-order valence-electron chi connectivity index (χ1n) is 10.3. The van der Waals surface area contributed by atoms with E-state index in [9.17, 15) is 9.59 Å². The minimum atomic E-state index is 0. The fourth-order valence-corrected chi connectivity index (χ4v) is 4.34. The van der Waals surface area contributed by atoms with Crippen molar-refractivity contribution in [3.8, 4) is 0 Å². The number of carbonyl (C=O) groups is 2. The van der Waals surface area contributed by atoms with E-state index in [1.54, 1.807) is 0 Å². The second-order valence-corrected chi connectivity index (χ2v) is 7.71. The first-order valence-corrected chi connectivity index (χ1v) is 10.3. The Balaban J connectivity index is 0.000000379. The molecule has 3 heteroatoms. The van der Waals surface area contributed by atoms with E-state index in [4.69, 9.17) is 0 Å². The first kappa shape index (κ1) is 21.9. The smallest absolute Gasteiger partial charge is 0.125 e. The van der Waals surface area contributed by atoms with Gasteiger partial charge in [0.25, 0.3) is 0 Å². The van der Waals surface area contributed by atoms with Crippen molar-refractivity contribution in [3.05, 3.63) is 59.7 Å². The molecule has 0 spiro atoms. The van der Waals surface area contributed by atoms with Crippen LogP contribution in [0.15, 0.2) is 48.5 Å². The molecule has 0 unspecified atom stereocenters. The van der Waals surface area contributed by atoms with Gasteiger partial charge in [-0.2, -0.15) is 12.1 Å². The summed E-state index contributed by atoms with van der Waals surface area (Å²) in [4.78, 5) is 25.4. The number of hydrogen-bond donors (Lipinski definition) is 0. The van der Waals surface area contributed by atoms with Gasteiger partial charge in [0, 0.05) is 23.0 Å². The maximum atomic E-state index is 12.7. The minimum Gasteiger partial charge on any atom is -0.748 e. The normalized spacial score (nSPS) is 18.1. The van der Waals surface area contributed by atoms with Crippen molar-refractivity contribution in [1.29, 1.82) is 0 Å². The first-order chi connectivity index (χ1) is 12.8. The molecule has 2 fully saturated rings. The molecule has 0 saturated heterocycles. The van der Waals surface area contributed by atoms with E-state index >= 15 is 0 Å². The van der Waals surface area contributed by atoms with Crippen LogP contribution in [0.3, 0.4) is 0 Å². The van der Waals surface area contributed by atoms with Gasteiger partial charge < -0.3 is 39.9 Å². The van der Waals surface area contributed by atoms with Crippen LogP contribution in [0, 0.1) is 11.8 Å². The zero-order chi connectivity index (χ0) is 18.2. The fraction of sp³-hybridized carbons (Fsp3) is 0.500. The van der Waals surface area contributed by atoms with E-state index in [-0.39, 0.29) is 40.5 Å². The maximum Gasteiger partial charge on any atom is 0.125 e. The van der Waals surface area contributed by atoms with Gasteiger partial charge in [0.1, 0.15) is 5.78 Å². The van der Waals surface area contributed by atoms with Crippen molar-refractivity contribution >= 4 is 11.6 Å². The number of rotatable bonds is 4. The molecule has 2 aromatic rings. The SMILES string of the molecule is O=C(c1ccc[c-]1C(=O)C1CCCCC1)C1CCCCC1.[Fe].[cH-]1[cH-][cH-][cH-][cH-]1. The fourth-order valence-electron chi connectivity index (χ4n) is 4.34.